The smallest absolute Gasteiger partial charge is 0.135 e. The van der Waals surface area contributed by atoms with Crippen LogP contribution in [0.2, 0.25) is 0 Å². The number of para-hydroxylation sites is 1. The summed E-state index contributed by atoms with van der Waals surface area (Å²) in [6.45, 7) is 0. The molecule has 0 radical (unpaired) electrons. The lowest BCUT2D eigenvalue weighted by atomic mass is 9.83. The highest BCUT2D eigenvalue weighted by atomic mass is 16.3. The Bertz CT molecular complexity index is 2800. The Labute approximate surface area is 271 Å². The summed E-state index contributed by atoms with van der Waals surface area (Å²) in [5, 5.41) is 12.3. The SMILES string of the molecule is c1ccc(-c2cc3ccccc3c3ccccc23)c(-c2c3ccccc3c(-c3ccc4oc5ccccc5c4c3)c3ccccc23)c1. The van der Waals surface area contributed by atoms with E-state index in [1.165, 1.54) is 76.5 Å². The lowest BCUT2D eigenvalue weighted by Crippen LogP contribution is -1.93. The molecular formula is C46H28O. The molecule has 0 fully saturated rings. The fourth-order valence-electron chi connectivity index (χ4n) is 7.82. The average Bonchev–Trinajstić information content (AvgIpc) is 3.51. The largest absolute Gasteiger partial charge is 0.456 e. The van der Waals surface area contributed by atoms with E-state index in [4.69, 9.17) is 4.42 Å². The predicted molar refractivity (Wildman–Crippen MR) is 200 cm³/mol. The molecule has 0 aliphatic heterocycles. The molecule has 0 bridgehead atoms. The number of hydrogen-bond acceptors (Lipinski definition) is 1. The lowest BCUT2D eigenvalue weighted by Gasteiger charge is -2.20. The second-order valence-electron chi connectivity index (χ2n) is 12.4. The number of benzene rings is 9. The molecule has 0 aliphatic rings. The third-order valence-corrected chi connectivity index (χ3v) is 9.85. The van der Waals surface area contributed by atoms with Crippen molar-refractivity contribution in [2.45, 2.75) is 0 Å². The van der Waals surface area contributed by atoms with Crippen LogP contribution < -0.4 is 0 Å². The molecule has 1 heterocycles. The zero-order valence-electron chi connectivity index (χ0n) is 25.6. The molecule has 10 aromatic rings. The van der Waals surface area contributed by atoms with Crippen molar-refractivity contribution in [1.82, 2.24) is 0 Å². The molecule has 1 heteroatoms. The van der Waals surface area contributed by atoms with Crippen LogP contribution in [0.4, 0.5) is 0 Å². The van der Waals surface area contributed by atoms with E-state index < -0.39 is 0 Å². The van der Waals surface area contributed by atoms with Crippen LogP contribution in [0.3, 0.4) is 0 Å². The van der Waals surface area contributed by atoms with Crippen molar-refractivity contribution < 1.29 is 4.42 Å². The van der Waals surface area contributed by atoms with Gasteiger partial charge in [-0.2, -0.15) is 0 Å². The Morgan fingerprint density at radius 2 is 0.787 bits per heavy atom. The zero-order valence-corrected chi connectivity index (χ0v) is 25.6. The van der Waals surface area contributed by atoms with Gasteiger partial charge in [0.05, 0.1) is 0 Å². The second kappa shape index (κ2) is 10.2. The second-order valence-corrected chi connectivity index (χ2v) is 12.4. The van der Waals surface area contributed by atoms with Crippen molar-refractivity contribution in [3.05, 3.63) is 170 Å². The highest BCUT2D eigenvalue weighted by Crippen LogP contribution is 2.48. The van der Waals surface area contributed by atoms with Crippen LogP contribution in [0.5, 0.6) is 0 Å². The fraction of sp³-hybridized carbons (Fsp3) is 0. The topological polar surface area (TPSA) is 13.1 Å². The molecule has 1 aromatic heterocycles. The van der Waals surface area contributed by atoms with Crippen molar-refractivity contribution in [2.24, 2.45) is 0 Å². The molecule has 0 unspecified atom stereocenters. The first kappa shape index (κ1) is 26.1. The standard InChI is InChI=1S/C46H28O/c1-2-14-31-29(13-1)27-41(33-16-4-3-15-32(31)33)34-17-5-6-19-36(34)46-39-22-9-7-20-37(39)45(38-21-8-10-23-40(38)46)30-25-26-44-42(28-30)35-18-11-12-24-43(35)47-44/h1-28H. The molecule has 218 valence electrons. The van der Waals surface area contributed by atoms with Crippen molar-refractivity contribution >= 4 is 65.0 Å². The van der Waals surface area contributed by atoms with Gasteiger partial charge in [-0.3, -0.25) is 0 Å². The van der Waals surface area contributed by atoms with E-state index in [-0.39, 0.29) is 0 Å². The zero-order chi connectivity index (χ0) is 30.9. The van der Waals surface area contributed by atoms with Crippen molar-refractivity contribution in [3.63, 3.8) is 0 Å². The van der Waals surface area contributed by atoms with E-state index in [9.17, 15) is 0 Å². The third-order valence-electron chi connectivity index (χ3n) is 9.85. The van der Waals surface area contributed by atoms with E-state index in [0.717, 1.165) is 21.9 Å². The summed E-state index contributed by atoms with van der Waals surface area (Å²) in [4.78, 5) is 0. The molecule has 0 amide bonds. The quantitative estimate of drug-likeness (QED) is 0.146. The van der Waals surface area contributed by atoms with E-state index in [1.807, 2.05) is 12.1 Å². The third kappa shape index (κ3) is 3.90. The first-order chi connectivity index (χ1) is 23.3. The van der Waals surface area contributed by atoms with Crippen LogP contribution in [-0.2, 0) is 0 Å². The summed E-state index contributed by atoms with van der Waals surface area (Å²) in [5.74, 6) is 0. The van der Waals surface area contributed by atoms with Gasteiger partial charge in [0.15, 0.2) is 0 Å². The summed E-state index contributed by atoms with van der Waals surface area (Å²) < 4.78 is 6.21. The molecular weight excluding hydrogens is 569 g/mol. The van der Waals surface area contributed by atoms with E-state index >= 15 is 0 Å². The van der Waals surface area contributed by atoms with Gasteiger partial charge in [0, 0.05) is 10.8 Å². The molecule has 10 rings (SSSR count). The summed E-state index contributed by atoms with van der Waals surface area (Å²) in [6, 6.07) is 61.7. The van der Waals surface area contributed by atoms with Crippen molar-refractivity contribution in [1.29, 1.82) is 0 Å². The Kier molecular flexibility index (Phi) is 5.64. The Hall–Kier alpha value is -6.18. The van der Waals surface area contributed by atoms with Crippen molar-refractivity contribution in [2.75, 3.05) is 0 Å². The van der Waals surface area contributed by atoms with Gasteiger partial charge in [-0.15, -0.1) is 0 Å². The maximum absolute atomic E-state index is 6.21. The number of furan rings is 1. The minimum absolute atomic E-state index is 0.914. The van der Waals surface area contributed by atoms with Gasteiger partial charge in [0.2, 0.25) is 0 Å². The lowest BCUT2D eigenvalue weighted by molar-refractivity contribution is 0.669. The van der Waals surface area contributed by atoms with Gasteiger partial charge in [-0.05, 0) is 101 Å². The summed E-state index contributed by atoms with van der Waals surface area (Å²) >= 11 is 0. The molecule has 0 aliphatic carbocycles. The van der Waals surface area contributed by atoms with Crippen LogP contribution in [0.15, 0.2) is 174 Å². The van der Waals surface area contributed by atoms with Crippen LogP contribution >= 0.6 is 0 Å². The summed E-state index contributed by atoms with van der Waals surface area (Å²) in [6.07, 6.45) is 0. The normalized spacial score (nSPS) is 11.8. The molecule has 1 nitrogen and oxygen atoms in total. The minimum Gasteiger partial charge on any atom is -0.456 e. The number of fused-ring (bicyclic) bond motifs is 8. The summed E-state index contributed by atoms with van der Waals surface area (Å²) in [5.41, 5.74) is 9.27. The number of hydrogen-bond donors (Lipinski definition) is 0. The van der Waals surface area contributed by atoms with Gasteiger partial charge in [0.1, 0.15) is 11.2 Å². The predicted octanol–water partition coefficient (Wildman–Crippen LogP) is 13.2. The van der Waals surface area contributed by atoms with Crippen LogP contribution in [0, 0.1) is 0 Å². The van der Waals surface area contributed by atoms with E-state index in [0.29, 0.717) is 0 Å². The van der Waals surface area contributed by atoms with Crippen LogP contribution in [0.1, 0.15) is 0 Å². The molecule has 0 N–H and O–H groups in total. The molecule has 47 heavy (non-hydrogen) atoms. The molecule has 0 spiro atoms. The van der Waals surface area contributed by atoms with Gasteiger partial charge >= 0.3 is 0 Å². The average molecular weight is 597 g/mol. The highest BCUT2D eigenvalue weighted by molar-refractivity contribution is 6.24. The highest BCUT2D eigenvalue weighted by Gasteiger charge is 2.20. The van der Waals surface area contributed by atoms with Crippen LogP contribution in [-0.4, -0.2) is 0 Å². The Morgan fingerprint density at radius 3 is 1.51 bits per heavy atom. The number of rotatable bonds is 3. The van der Waals surface area contributed by atoms with Crippen LogP contribution in [0.25, 0.3) is 98.4 Å². The van der Waals surface area contributed by atoms with Gasteiger partial charge in [-0.1, -0.05) is 146 Å². The summed E-state index contributed by atoms with van der Waals surface area (Å²) in [7, 11) is 0. The minimum atomic E-state index is 0.914. The first-order valence-corrected chi connectivity index (χ1v) is 16.2. The monoisotopic (exact) mass is 596 g/mol. The first-order valence-electron chi connectivity index (χ1n) is 16.2. The molecule has 0 saturated heterocycles. The Morgan fingerprint density at radius 1 is 0.277 bits per heavy atom. The van der Waals surface area contributed by atoms with Gasteiger partial charge < -0.3 is 4.42 Å². The molecule has 9 aromatic carbocycles. The van der Waals surface area contributed by atoms with Gasteiger partial charge in [-0.25, -0.2) is 0 Å². The van der Waals surface area contributed by atoms with E-state index in [1.54, 1.807) is 0 Å². The Balaban J connectivity index is 1.30. The van der Waals surface area contributed by atoms with E-state index in [2.05, 4.69) is 158 Å². The van der Waals surface area contributed by atoms with Crippen molar-refractivity contribution in [3.8, 4) is 33.4 Å². The molecule has 0 atom stereocenters. The van der Waals surface area contributed by atoms with Gasteiger partial charge in [0.25, 0.3) is 0 Å². The maximum atomic E-state index is 6.21. The maximum Gasteiger partial charge on any atom is 0.135 e. The fourth-order valence-corrected chi connectivity index (χ4v) is 7.82. The molecule has 0 saturated carbocycles.